The van der Waals surface area contributed by atoms with Gasteiger partial charge < -0.3 is 10.2 Å². The number of hydrogen-bond acceptors (Lipinski definition) is 3. The molecule has 1 aromatic carbocycles. The van der Waals surface area contributed by atoms with Crippen LogP contribution in [0.1, 0.15) is 13.8 Å². The van der Waals surface area contributed by atoms with Crippen molar-refractivity contribution in [1.82, 2.24) is 10.2 Å². The molecule has 0 aliphatic heterocycles. The number of hydrogen-bond donors (Lipinski definition) is 1. The first kappa shape index (κ1) is 16.5. The Bertz CT molecular complexity index is 468. The topological polar surface area (TPSA) is 49.4 Å². The number of carbonyl (C=O) groups is 2. The van der Waals surface area contributed by atoms with E-state index in [1.165, 1.54) is 11.0 Å². The smallest absolute Gasteiger partial charge is 0.239 e. The van der Waals surface area contributed by atoms with Crippen molar-refractivity contribution in [2.24, 2.45) is 0 Å². The van der Waals surface area contributed by atoms with E-state index in [4.69, 9.17) is 0 Å². The summed E-state index contributed by atoms with van der Waals surface area (Å²) in [5.41, 5.74) is 0. The molecular formula is C14H19FN2O2S. The van der Waals surface area contributed by atoms with Crippen molar-refractivity contribution in [1.29, 1.82) is 0 Å². The van der Waals surface area contributed by atoms with Gasteiger partial charge in [0.25, 0.3) is 0 Å². The number of nitrogens with one attached hydrogen (secondary N) is 1. The van der Waals surface area contributed by atoms with E-state index in [9.17, 15) is 14.0 Å². The lowest BCUT2D eigenvalue weighted by Crippen LogP contribution is -2.41. The van der Waals surface area contributed by atoms with Crippen molar-refractivity contribution < 1.29 is 14.0 Å². The van der Waals surface area contributed by atoms with E-state index in [1.54, 1.807) is 18.2 Å². The summed E-state index contributed by atoms with van der Waals surface area (Å²) in [7, 11) is 0. The van der Waals surface area contributed by atoms with Crippen molar-refractivity contribution in [3.05, 3.63) is 30.1 Å². The van der Waals surface area contributed by atoms with Gasteiger partial charge in [0.2, 0.25) is 11.8 Å². The van der Waals surface area contributed by atoms with Gasteiger partial charge in [-0.3, -0.25) is 9.59 Å². The molecule has 0 heterocycles. The first-order chi connectivity index (χ1) is 9.58. The zero-order valence-corrected chi connectivity index (χ0v) is 12.5. The summed E-state index contributed by atoms with van der Waals surface area (Å²) in [5, 5.41) is 2.65. The van der Waals surface area contributed by atoms with E-state index < -0.39 is 0 Å². The monoisotopic (exact) mass is 298 g/mol. The number of rotatable bonds is 7. The highest BCUT2D eigenvalue weighted by atomic mass is 32.2. The Morgan fingerprint density at radius 1 is 1.30 bits per heavy atom. The Labute approximate surface area is 122 Å². The molecule has 4 nitrogen and oxygen atoms in total. The van der Waals surface area contributed by atoms with Gasteiger partial charge in [-0.05, 0) is 26.0 Å². The molecule has 110 valence electrons. The maximum atomic E-state index is 13.4. The predicted molar refractivity (Wildman–Crippen MR) is 78.1 cm³/mol. The minimum Gasteiger partial charge on any atom is -0.355 e. The molecule has 1 rings (SSSR count). The minimum absolute atomic E-state index is 0.0427. The Morgan fingerprint density at radius 2 is 2.00 bits per heavy atom. The standard InChI is InChI=1S/C14H19FN2O2S/c1-3-16-13(18)9-17(4-2)14(19)10-20-12-8-6-5-7-11(12)15/h5-8H,3-4,9-10H2,1-2H3,(H,16,18). The van der Waals surface area contributed by atoms with Gasteiger partial charge in [0.05, 0.1) is 12.3 Å². The summed E-state index contributed by atoms with van der Waals surface area (Å²) < 4.78 is 13.4. The third kappa shape index (κ3) is 5.21. The number of amides is 2. The van der Waals surface area contributed by atoms with E-state index in [2.05, 4.69) is 5.32 Å². The number of carbonyl (C=O) groups excluding carboxylic acids is 2. The molecule has 0 saturated carbocycles. The highest BCUT2D eigenvalue weighted by molar-refractivity contribution is 8.00. The van der Waals surface area contributed by atoms with Gasteiger partial charge in [0.1, 0.15) is 5.82 Å². The van der Waals surface area contributed by atoms with Crippen molar-refractivity contribution in [2.75, 3.05) is 25.4 Å². The molecule has 0 spiro atoms. The zero-order chi connectivity index (χ0) is 15.0. The largest absolute Gasteiger partial charge is 0.355 e. The van der Waals surface area contributed by atoms with Crippen LogP contribution >= 0.6 is 11.8 Å². The quantitative estimate of drug-likeness (QED) is 0.782. The number of halogens is 1. The van der Waals surface area contributed by atoms with Gasteiger partial charge in [-0.2, -0.15) is 0 Å². The van der Waals surface area contributed by atoms with Crippen molar-refractivity contribution in [2.45, 2.75) is 18.7 Å². The van der Waals surface area contributed by atoms with Crippen molar-refractivity contribution in [3.63, 3.8) is 0 Å². The van der Waals surface area contributed by atoms with Crippen molar-refractivity contribution >= 4 is 23.6 Å². The maximum absolute atomic E-state index is 13.4. The van der Waals surface area contributed by atoms with Crippen LogP contribution in [-0.4, -0.2) is 42.1 Å². The summed E-state index contributed by atoms with van der Waals surface area (Å²) in [6, 6.07) is 6.32. The van der Waals surface area contributed by atoms with Crippen LogP contribution in [0, 0.1) is 5.82 Å². The fourth-order valence-electron chi connectivity index (χ4n) is 1.60. The van der Waals surface area contributed by atoms with Crippen LogP contribution in [0.4, 0.5) is 4.39 Å². The molecule has 0 aliphatic carbocycles. The lowest BCUT2D eigenvalue weighted by molar-refractivity contribution is -0.133. The molecule has 1 aromatic rings. The minimum atomic E-state index is -0.336. The second-order valence-electron chi connectivity index (χ2n) is 4.08. The average Bonchev–Trinajstić information content (AvgIpc) is 2.44. The fraction of sp³-hybridized carbons (Fsp3) is 0.429. The van der Waals surface area contributed by atoms with Crippen molar-refractivity contribution in [3.8, 4) is 0 Å². The number of nitrogens with zero attached hydrogens (tertiary/aromatic N) is 1. The molecule has 20 heavy (non-hydrogen) atoms. The lowest BCUT2D eigenvalue weighted by atomic mass is 10.3. The Morgan fingerprint density at radius 3 is 2.60 bits per heavy atom. The predicted octanol–water partition coefficient (Wildman–Crippen LogP) is 1.90. The molecule has 0 aromatic heterocycles. The summed E-state index contributed by atoms with van der Waals surface area (Å²) in [6.07, 6.45) is 0. The molecule has 0 fully saturated rings. The van der Waals surface area contributed by atoms with E-state index in [1.807, 2.05) is 13.8 Å². The summed E-state index contributed by atoms with van der Waals surface area (Å²) in [5.74, 6) is -0.573. The SMILES string of the molecule is CCNC(=O)CN(CC)C(=O)CSc1ccccc1F. The van der Waals surface area contributed by atoms with Gasteiger partial charge in [-0.15, -0.1) is 11.8 Å². The second-order valence-corrected chi connectivity index (χ2v) is 5.10. The van der Waals surface area contributed by atoms with E-state index in [-0.39, 0.29) is 29.9 Å². The molecule has 0 aliphatic rings. The molecule has 0 bridgehead atoms. The zero-order valence-electron chi connectivity index (χ0n) is 11.7. The first-order valence-corrected chi connectivity index (χ1v) is 7.48. The molecule has 0 radical (unpaired) electrons. The van der Waals surface area contributed by atoms with Crippen LogP contribution in [0.5, 0.6) is 0 Å². The third-order valence-corrected chi connectivity index (χ3v) is 3.66. The van der Waals surface area contributed by atoms with Gasteiger partial charge >= 0.3 is 0 Å². The molecule has 2 amide bonds. The van der Waals surface area contributed by atoms with E-state index in [0.717, 1.165) is 11.8 Å². The number of thioether (sulfide) groups is 1. The van der Waals surface area contributed by atoms with Crippen LogP contribution in [-0.2, 0) is 9.59 Å². The fourth-order valence-corrected chi connectivity index (χ4v) is 2.44. The highest BCUT2D eigenvalue weighted by Crippen LogP contribution is 2.21. The Hall–Kier alpha value is -1.56. The lowest BCUT2D eigenvalue weighted by Gasteiger charge is -2.20. The number of benzene rings is 1. The Balaban J connectivity index is 2.51. The van der Waals surface area contributed by atoms with E-state index >= 15 is 0 Å². The van der Waals surface area contributed by atoms with Crippen LogP contribution < -0.4 is 5.32 Å². The van der Waals surface area contributed by atoms with Crippen LogP contribution in [0.2, 0.25) is 0 Å². The summed E-state index contributed by atoms with van der Waals surface area (Å²) in [6.45, 7) is 4.66. The molecule has 0 unspecified atom stereocenters. The van der Waals surface area contributed by atoms with Gasteiger partial charge in [0.15, 0.2) is 0 Å². The third-order valence-electron chi connectivity index (χ3n) is 2.63. The maximum Gasteiger partial charge on any atom is 0.239 e. The first-order valence-electron chi connectivity index (χ1n) is 6.50. The average molecular weight is 298 g/mol. The van der Waals surface area contributed by atoms with Crippen LogP contribution in [0.25, 0.3) is 0 Å². The van der Waals surface area contributed by atoms with Crippen LogP contribution in [0.15, 0.2) is 29.2 Å². The van der Waals surface area contributed by atoms with E-state index in [0.29, 0.717) is 18.0 Å². The molecular weight excluding hydrogens is 279 g/mol. The molecule has 0 saturated heterocycles. The second kappa shape index (κ2) is 8.58. The number of likely N-dealkylation sites (N-methyl/N-ethyl adjacent to an activating group) is 2. The van der Waals surface area contributed by atoms with Gasteiger partial charge in [-0.1, -0.05) is 12.1 Å². The summed E-state index contributed by atoms with van der Waals surface area (Å²) in [4.78, 5) is 25.4. The highest BCUT2D eigenvalue weighted by Gasteiger charge is 2.15. The normalized spacial score (nSPS) is 10.2. The molecule has 6 heteroatoms. The summed E-state index contributed by atoms with van der Waals surface area (Å²) >= 11 is 1.14. The van der Waals surface area contributed by atoms with Crippen LogP contribution in [0.3, 0.4) is 0 Å². The molecule has 0 atom stereocenters. The van der Waals surface area contributed by atoms with Gasteiger partial charge in [-0.25, -0.2) is 4.39 Å². The van der Waals surface area contributed by atoms with Gasteiger partial charge in [0, 0.05) is 18.0 Å². The Kier molecular flexibility index (Phi) is 7.08. The molecule has 1 N–H and O–H groups in total.